The number of sulfonamides is 1. The monoisotopic (exact) mass is 572 g/mol. The number of hydrogen-bond donors (Lipinski definition) is 0. The summed E-state index contributed by atoms with van der Waals surface area (Å²) < 4.78 is 33.0. The quantitative estimate of drug-likeness (QED) is 0.317. The molecule has 0 spiro atoms. The molecule has 0 bridgehead atoms. The molecule has 0 aliphatic carbocycles. The van der Waals surface area contributed by atoms with E-state index in [0.717, 1.165) is 55.3 Å². The smallest absolute Gasteiger partial charge is 0.243 e. The molecule has 2 fully saturated rings. The number of benzene rings is 3. The van der Waals surface area contributed by atoms with E-state index in [0.29, 0.717) is 43.2 Å². The molecule has 0 amide bonds. The van der Waals surface area contributed by atoms with Crippen molar-refractivity contribution in [1.82, 2.24) is 19.2 Å². The van der Waals surface area contributed by atoms with Gasteiger partial charge < -0.3 is 19.4 Å². The number of aromatic nitrogens is 2. The van der Waals surface area contributed by atoms with Crippen LogP contribution in [0.2, 0.25) is 0 Å². The standard InChI is InChI=1S/C31H36N6O3S/c1-40-26-11-13-27(14-12-26)41(38,39)37-23-17-34(18-24-37)16-15-30-32-29-10-6-5-9-28(29)31(33-30)36-21-19-35(20-22-36)25-7-3-2-4-8-25/h2-14H,15-24H2,1H3. The number of anilines is 2. The molecule has 6 rings (SSSR count). The van der Waals surface area contributed by atoms with Crippen LogP contribution in [0.25, 0.3) is 10.9 Å². The topological polar surface area (TPSA) is 82.1 Å². The van der Waals surface area contributed by atoms with Gasteiger partial charge in [-0.05, 0) is 48.5 Å². The van der Waals surface area contributed by atoms with Crippen LogP contribution >= 0.6 is 0 Å². The Kier molecular flexibility index (Phi) is 8.04. The maximum atomic E-state index is 13.1. The second-order valence-corrected chi connectivity index (χ2v) is 12.4. The molecule has 3 heterocycles. The summed E-state index contributed by atoms with van der Waals surface area (Å²) in [5, 5.41) is 1.08. The Balaban J connectivity index is 1.09. The highest BCUT2D eigenvalue weighted by Crippen LogP contribution is 2.27. The van der Waals surface area contributed by atoms with Gasteiger partial charge in [0.05, 0.1) is 17.5 Å². The third-order valence-electron chi connectivity index (χ3n) is 8.01. The molecule has 0 saturated carbocycles. The van der Waals surface area contributed by atoms with Gasteiger partial charge in [-0.2, -0.15) is 4.31 Å². The largest absolute Gasteiger partial charge is 0.497 e. The number of nitrogens with zero attached hydrogens (tertiary/aromatic N) is 6. The van der Waals surface area contributed by atoms with Crippen molar-refractivity contribution in [3.05, 3.63) is 84.7 Å². The normalized spacial score (nSPS) is 17.2. The number of fused-ring (bicyclic) bond motifs is 1. The first kappa shape index (κ1) is 27.4. The summed E-state index contributed by atoms with van der Waals surface area (Å²) in [6, 6.07) is 25.4. The van der Waals surface area contributed by atoms with Crippen LogP contribution in [0.4, 0.5) is 11.5 Å². The Hall–Kier alpha value is -3.73. The Morgan fingerprint density at radius 1 is 0.732 bits per heavy atom. The highest BCUT2D eigenvalue weighted by molar-refractivity contribution is 7.89. The lowest BCUT2D eigenvalue weighted by Crippen LogP contribution is -2.49. The Bertz CT molecular complexity index is 1570. The van der Waals surface area contributed by atoms with Crippen molar-refractivity contribution in [3.8, 4) is 5.75 Å². The Morgan fingerprint density at radius 2 is 1.39 bits per heavy atom. The maximum Gasteiger partial charge on any atom is 0.243 e. The summed E-state index contributed by atoms with van der Waals surface area (Å²) in [6.45, 7) is 6.76. The zero-order valence-corrected chi connectivity index (χ0v) is 24.2. The number of rotatable bonds is 8. The van der Waals surface area contributed by atoms with E-state index >= 15 is 0 Å². The average molecular weight is 573 g/mol. The molecule has 2 aliphatic rings. The first-order valence-electron chi connectivity index (χ1n) is 14.2. The van der Waals surface area contributed by atoms with Crippen LogP contribution in [0.3, 0.4) is 0 Å². The lowest BCUT2D eigenvalue weighted by molar-refractivity contribution is 0.189. The van der Waals surface area contributed by atoms with Crippen molar-refractivity contribution < 1.29 is 13.2 Å². The van der Waals surface area contributed by atoms with E-state index in [-0.39, 0.29) is 0 Å². The van der Waals surface area contributed by atoms with Gasteiger partial charge in [-0.25, -0.2) is 18.4 Å². The van der Waals surface area contributed by atoms with Crippen LogP contribution < -0.4 is 14.5 Å². The van der Waals surface area contributed by atoms with Gasteiger partial charge >= 0.3 is 0 Å². The van der Waals surface area contributed by atoms with Gasteiger partial charge in [0.2, 0.25) is 10.0 Å². The predicted octanol–water partition coefficient (Wildman–Crippen LogP) is 3.51. The molecule has 0 radical (unpaired) electrons. The minimum atomic E-state index is -3.52. The highest BCUT2D eigenvalue weighted by Gasteiger charge is 2.28. The van der Waals surface area contributed by atoms with Gasteiger partial charge in [-0.15, -0.1) is 0 Å². The molecule has 2 aliphatic heterocycles. The molecular formula is C31H36N6O3S. The minimum absolute atomic E-state index is 0.299. The number of hydrogen-bond acceptors (Lipinski definition) is 8. The second kappa shape index (κ2) is 12.0. The van der Waals surface area contributed by atoms with Crippen molar-refractivity contribution in [1.29, 1.82) is 0 Å². The summed E-state index contributed by atoms with van der Waals surface area (Å²) in [4.78, 5) is 17.4. The lowest BCUT2D eigenvalue weighted by atomic mass is 10.2. The van der Waals surface area contributed by atoms with Crippen LogP contribution in [0, 0.1) is 0 Å². The van der Waals surface area contributed by atoms with E-state index in [1.165, 1.54) is 5.69 Å². The molecular weight excluding hydrogens is 536 g/mol. The summed E-state index contributed by atoms with van der Waals surface area (Å²) in [7, 11) is -1.96. The number of para-hydroxylation sites is 2. The molecule has 41 heavy (non-hydrogen) atoms. The summed E-state index contributed by atoms with van der Waals surface area (Å²) in [5.74, 6) is 2.48. The fraction of sp³-hybridized carbons (Fsp3) is 0.355. The first-order chi connectivity index (χ1) is 20.0. The lowest BCUT2D eigenvalue weighted by Gasteiger charge is -2.37. The molecule has 9 nitrogen and oxygen atoms in total. The maximum absolute atomic E-state index is 13.1. The average Bonchev–Trinajstić information content (AvgIpc) is 3.04. The molecule has 1 aromatic heterocycles. The number of methoxy groups -OCH3 is 1. The van der Waals surface area contributed by atoms with Crippen LogP contribution in [0.5, 0.6) is 5.75 Å². The molecule has 0 atom stereocenters. The van der Waals surface area contributed by atoms with Gasteiger partial charge in [0.15, 0.2) is 0 Å². The Morgan fingerprint density at radius 3 is 2.10 bits per heavy atom. The molecule has 214 valence electrons. The van der Waals surface area contributed by atoms with E-state index in [2.05, 4.69) is 63.2 Å². The fourth-order valence-electron chi connectivity index (χ4n) is 5.62. The van der Waals surface area contributed by atoms with Crippen molar-refractivity contribution >= 4 is 32.4 Å². The Labute approximate surface area is 242 Å². The van der Waals surface area contributed by atoms with E-state index in [9.17, 15) is 8.42 Å². The second-order valence-electron chi connectivity index (χ2n) is 10.5. The van der Waals surface area contributed by atoms with Gasteiger partial charge in [0, 0.05) is 76.4 Å². The molecule has 2 saturated heterocycles. The predicted molar refractivity (Wildman–Crippen MR) is 162 cm³/mol. The van der Waals surface area contributed by atoms with Crippen LogP contribution in [-0.4, -0.2) is 93.6 Å². The fourth-order valence-corrected chi connectivity index (χ4v) is 7.05. The molecule has 4 aromatic rings. The third-order valence-corrected chi connectivity index (χ3v) is 9.92. The van der Waals surface area contributed by atoms with Crippen molar-refractivity contribution in [3.63, 3.8) is 0 Å². The summed E-state index contributed by atoms with van der Waals surface area (Å²) in [5.41, 5.74) is 2.23. The van der Waals surface area contributed by atoms with Crippen LogP contribution in [0.1, 0.15) is 5.82 Å². The van der Waals surface area contributed by atoms with Crippen molar-refractivity contribution in [2.75, 3.05) is 75.8 Å². The summed E-state index contributed by atoms with van der Waals surface area (Å²) >= 11 is 0. The number of piperazine rings is 2. The van der Waals surface area contributed by atoms with E-state index in [4.69, 9.17) is 14.7 Å². The van der Waals surface area contributed by atoms with E-state index in [1.807, 2.05) is 6.07 Å². The van der Waals surface area contributed by atoms with Crippen LogP contribution in [-0.2, 0) is 16.4 Å². The highest BCUT2D eigenvalue weighted by atomic mass is 32.2. The molecule has 0 N–H and O–H groups in total. The zero-order valence-electron chi connectivity index (χ0n) is 23.4. The SMILES string of the molecule is COc1ccc(S(=O)(=O)N2CCN(CCc3nc(N4CCN(c5ccccc5)CC4)c4ccccc4n3)CC2)cc1. The van der Waals surface area contributed by atoms with E-state index in [1.54, 1.807) is 35.7 Å². The summed E-state index contributed by atoms with van der Waals surface area (Å²) in [6.07, 6.45) is 0.715. The van der Waals surface area contributed by atoms with Crippen LogP contribution in [0.15, 0.2) is 83.8 Å². The van der Waals surface area contributed by atoms with Crippen molar-refractivity contribution in [2.24, 2.45) is 0 Å². The zero-order chi connectivity index (χ0) is 28.2. The molecule has 3 aromatic carbocycles. The van der Waals surface area contributed by atoms with Gasteiger partial charge in [0.25, 0.3) is 0 Å². The van der Waals surface area contributed by atoms with Gasteiger partial charge in [-0.1, -0.05) is 30.3 Å². The first-order valence-corrected chi connectivity index (χ1v) is 15.6. The minimum Gasteiger partial charge on any atom is -0.497 e. The molecule has 10 heteroatoms. The van der Waals surface area contributed by atoms with E-state index < -0.39 is 10.0 Å². The van der Waals surface area contributed by atoms with Gasteiger partial charge in [-0.3, -0.25) is 0 Å². The molecule has 0 unspecified atom stereocenters. The third kappa shape index (κ3) is 6.00. The number of ether oxygens (including phenoxy) is 1. The van der Waals surface area contributed by atoms with Gasteiger partial charge in [0.1, 0.15) is 17.4 Å². The van der Waals surface area contributed by atoms with Crippen molar-refractivity contribution in [2.45, 2.75) is 11.3 Å².